The highest BCUT2D eigenvalue weighted by atomic mass is 32.2. The topological polar surface area (TPSA) is 85.1 Å². The van der Waals surface area contributed by atoms with Crippen LogP contribution in [0.5, 0.6) is 0 Å². The third-order valence-corrected chi connectivity index (χ3v) is 5.58. The number of nitrogens with two attached hydrogens (primary N) is 1. The average Bonchev–Trinajstić information content (AvgIpc) is 2.97. The van der Waals surface area contributed by atoms with Gasteiger partial charge in [-0.3, -0.25) is 0 Å². The summed E-state index contributed by atoms with van der Waals surface area (Å²) in [5, 5.41) is 8.65. The first kappa shape index (κ1) is 13.5. The summed E-state index contributed by atoms with van der Waals surface area (Å²) in [4.78, 5) is 4.00. The molecule has 0 aliphatic heterocycles. The number of thiazole rings is 1. The first-order valence-corrected chi connectivity index (χ1v) is 8.33. The molecule has 0 radical (unpaired) electrons. The summed E-state index contributed by atoms with van der Waals surface area (Å²) in [5.41, 5.74) is 2.00. The van der Waals surface area contributed by atoms with E-state index in [2.05, 4.69) is 10.3 Å². The van der Waals surface area contributed by atoms with Crippen LogP contribution < -0.4 is 10.5 Å². The van der Waals surface area contributed by atoms with Crippen molar-refractivity contribution in [1.82, 2.24) is 4.98 Å². The van der Waals surface area contributed by atoms with Gasteiger partial charge in [-0.15, -0.1) is 0 Å². The number of primary sulfonamides is 1. The predicted molar refractivity (Wildman–Crippen MR) is 74.6 cm³/mol. The van der Waals surface area contributed by atoms with Crippen molar-refractivity contribution in [3.8, 4) is 0 Å². The summed E-state index contributed by atoms with van der Waals surface area (Å²) in [7, 11) is -3.73. The average molecular weight is 313 g/mol. The van der Waals surface area contributed by atoms with Gasteiger partial charge in [0.25, 0.3) is 0 Å². The van der Waals surface area contributed by atoms with Gasteiger partial charge in [0.1, 0.15) is 5.82 Å². The Morgan fingerprint density at radius 3 is 2.95 bits per heavy atom. The fourth-order valence-electron chi connectivity index (χ4n) is 2.33. The standard InChI is InChI=1S/C12H12FN3O2S2/c13-8-3-1-7-2-4-10(9(7)5-8)16-12-15-6-11(19-12)20(14,17)18/h1,3,5-6,10H,2,4H2,(H,15,16)(H2,14,17,18). The van der Waals surface area contributed by atoms with Crippen molar-refractivity contribution in [2.45, 2.75) is 23.1 Å². The van der Waals surface area contributed by atoms with E-state index in [1.807, 2.05) is 0 Å². The van der Waals surface area contributed by atoms with Crippen LogP contribution in [0, 0.1) is 5.82 Å². The lowest BCUT2D eigenvalue weighted by Gasteiger charge is -2.12. The van der Waals surface area contributed by atoms with Gasteiger partial charge >= 0.3 is 0 Å². The van der Waals surface area contributed by atoms with Gasteiger partial charge < -0.3 is 5.32 Å². The maximum atomic E-state index is 13.3. The minimum absolute atomic E-state index is 0.0115. The molecular weight excluding hydrogens is 301 g/mol. The molecule has 3 rings (SSSR count). The summed E-state index contributed by atoms with van der Waals surface area (Å²) >= 11 is 0.977. The molecule has 0 saturated carbocycles. The molecule has 1 atom stereocenters. The molecule has 5 nitrogen and oxygen atoms in total. The van der Waals surface area contributed by atoms with Crippen molar-refractivity contribution in [1.29, 1.82) is 0 Å². The van der Waals surface area contributed by atoms with Gasteiger partial charge in [-0.05, 0) is 36.1 Å². The highest BCUT2D eigenvalue weighted by molar-refractivity contribution is 7.91. The zero-order valence-electron chi connectivity index (χ0n) is 10.3. The van der Waals surface area contributed by atoms with Crippen molar-refractivity contribution in [3.05, 3.63) is 41.3 Å². The second kappa shape index (κ2) is 4.80. The lowest BCUT2D eigenvalue weighted by Crippen LogP contribution is -2.10. The molecule has 0 saturated heterocycles. The number of sulfonamides is 1. The number of nitrogens with one attached hydrogen (secondary N) is 1. The van der Waals surface area contributed by atoms with E-state index in [1.165, 1.54) is 18.3 Å². The maximum Gasteiger partial charge on any atom is 0.249 e. The zero-order valence-corrected chi connectivity index (χ0v) is 12.0. The van der Waals surface area contributed by atoms with Crippen LogP contribution in [0.2, 0.25) is 0 Å². The fourth-order valence-corrected chi connectivity index (χ4v) is 3.83. The molecule has 0 amide bonds. The van der Waals surface area contributed by atoms with Gasteiger partial charge in [-0.2, -0.15) is 0 Å². The lowest BCUT2D eigenvalue weighted by atomic mass is 10.1. The highest BCUT2D eigenvalue weighted by Crippen LogP contribution is 2.35. The van der Waals surface area contributed by atoms with Gasteiger partial charge in [-0.25, -0.2) is 22.9 Å². The van der Waals surface area contributed by atoms with Crippen molar-refractivity contribution in [2.75, 3.05) is 5.32 Å². The fraction of sp³-hybridized carbons (Fsp3) is 0.250. The number of fused-ring (bicyclic) bond motifs is 1. The van der Waals surface area contributed by atoms with E-state index in [1.54, 1.807) is 6.07 Å². The van der Waals surface area contributed by atoms with Gasteiger partial charge in [0.05, 0.1) is 12.2 Å². The summed E-state index contributed by atoms with van der Waals surface area (Å²) in [5.74, 6) is -0.276. The normalized spacial score (nSPS) is 18.0. The van der Waals surface area contributed by atoms with Crippen LogP contribution in [0.1, 0.15) is 23.6 Å². The van der Waals surface area contributed by atoms with Gasteiger partial charge in [0.2, 0.25) is 10.0 Å². The van der Waals surface area contributed by atoms with E-state index in [-0.39, 0.29) is 16.1 Å². The maximum absolute atomic E-state index is 13.3. The first-order valence-electron chi connectivity index (χ1n) is 5.97. The second-order valence-corrected chi connectivity index (χ2v) is 7.43. The molecule has 1 unspecified atom stereocenters. The number of rotatable bonds is 3. The third kappa shape index (κ3) is 2.54. The number of aromatic nitrogens is 1. The van der Waals surface area contributed by atoms with E-state index in [0.717, 1.165) is 35.3 Å². The monoisotopic (exact) mass is 313 g/mol. The largest absolute Gasteiger partial charge is 0.355 e. The smallest absolute Gasteiger partial charge is 0.249 e. The summed E-state index contributed by atoms with van der Waals surface area (Å²) in [6.45, 7) is 0. The molecule has 20 heavy (non-hydrogen) atoms. The molecule has 0 fully saturated rings. The Balaban J connectivity index is 1.84. The van der Waals surface area contributed by atoms with Gasteiger partial charge in [-0.1, -0.05) is 17.4 Å². The minimum atomic E-state index is -3.73. The molecule has 0 spiro atoms. The SMILES string of the molecule is NS(=O)(=O)c1cnc(NC2CCc3ccc(F)cc32)s1. The molecule has 2 aromatic rings. The van der Waals surface area contributed by atoms with Crippen LogP contribution in [0.25, 0.3) is 0 Å². The summed E-state index contributed by atoms with van der Waals surface area (Å²) < 4.78 is 35.7. The number of hydrogen-bond donors (Lipinski definition) is 2. The Hall–Kier alpha value is -1.51. The number of nitrogens with zero attached hydrogens (tertiary/aromatic N) is 1. The predicted octanol–water partition coefficient (Wildman–Crippen LogP) is 2.03. The quantitative estimate of drug-likeness (QED) is 0.908. The Kier molecular flexibility index (Phi) is 3.23. The van der Waals surface area contributed by atoms with Crippen LogP contribution in [-0.2, 0) is 16.4 Å². The lowest BCUT2D eigenvalue weighted by molar-refractivity contribution is 0.599. The molecule has 1 aliphatic carbocycles. The van der Waals surface area contributed by atoms with E-state index >= 15 is 0 Å². The van der Waals surface area contributed by atoms with Crippen LogP contribution in [0.3, 0.4) is 0 Å². The number of anilines is 1. The number of aryl methyl sites for hydroxylation is 1. The van der Waals surface area contributed by atoms with Crippen molar-refractivity contribution < 1.29 is 12.8 Å². The van der Waals surface area contributed by atoms with Gasteiger partial charge in [0, 0.05) is 0 Å². The molecule has 0 bridgehead atoms. The van der Waals surface area contributed by atoms with Crippen molar-refractivity contribution >= 4 is 26.5 Å². The van der Waals surface area contributed by atoms with Crippen LogP contribution in [0.15, 0.2) is 28.6 Å². The molecule has 106 valence electrons. The van der Waals surface area contributed by atoms with Crippen LogP contribution in [-0.4, -0.2) is 13.4 Å². The first-order chi connectivity index (χ1) is 9.43. The van der Waals surface area contributed by atoms with Crippen LogP contribution in [0.4, 0.5) is 9.52 Å². The van der Waals surface area contributed by atoms with Crippen molar-refractivity contribution in [3.63, 3.8) is 0 Å². The van der Waals surface area contributed by atoms with Crippen molar-refractivity contribution in [2.24, 2.45) is 5.14 Å². The van der Waals surface area contributed by atoms with E-state index in [4.69, 9.17) is 5.14 Å². The molecule has 1 aromatic carbocycles. The Labute approximate surface area is 119 Å². The Morgan fingerprint density at radius 1 is 1.45 bits per heavy atom. The summed E-state index contributed by atoms with van der Waals surface area (Å²) in [6.07, 6.45) is 2.91. The number of benzene rings is 1. The van der Waals surface area contributed by atoms with Gasteiger partial charge in [0.15, 0.2) is 9.34 Å². The molecule has 1 heterocycles. The molecule has 1 aliphatic rings. The third-order valence-electron chi connectivity index (χ3n) is 3.25. The second-order valence-electron chi connectivity index (χ2n) is 4.61. The molecule has 3 N–H and O–H groups in total. The number of hydrogen-bond acceptors (Lipinski definition) is 5. The van der Waals surface area contributed by atoms with E-state index in [9.17, 15) is 12.8 Å². The Bertz CT molecular complexity index is 758. The highest BCUT2D eigenvalue weighted by Gasteiger charge is 2.24. The molecular formula is C12H12FN3O2S2. The van der Waals surface area contributed by atoms with E-state index < -0.39 is 10.0 Å². The molecule has 1 aromatic heterocycles. The molecule has 8 heteroatoms. The zero-order chi connectivity index (χ0) is 14.3. The van der Waals surface area contributed by atoms with E-state index in [0.29, 0.717) is 5.13 Å². The number of halogens is 1. The summed E-state index contributed by atoms with van der Waals surface area (Å²) in [6, 6.07) is 4.68. The van der Waals surface area contributed by atoms with Crippen LogP contribution >= 0.6 is 11.3 Å². The minimum Gasteiger partial charge on any atom is -0.355 e. The Morgan fingerprint density at radius 2 is 2.25 bits per heavy atom.